The summed E-state index contributed by atoms with van der Waals surface area (Å²) in [6, 6.07) is 0. The molecule has 0 aliphatic heterocycles. The molecule has 1 amide bonds. The predicted molar refractivity (Wildman–Crippen MR) is 72.8 cm³/mol. The van der Waals surface area contributed by atoms with Crippen LogP contribution in [0.5, 0.6) is 0 Å². The van der Waals surface area contributed by atoms with Gasteiger partial charge in [-0.3, -0.25) is 14.2 Å². The highest BCUT2D eigenvalue weighted by molar-refractivity contribution is 5.90. The second-order valence-electron chi connectivity index (χ2n) is 5.61. The molecule has 6 heteroatoms. The molecule has 2 aromatic heterocycles. The molecular weight excluding hydrogens is 242 g/mol. The Bertz CT molecular complexity index is 576. The minimum atomic E-state index is -0.114. The number of nitrogens with one attached hydrogen (secondary N) is 1. The first-order chi connectivity index (χ1) is 8.84. The van der Waals surface area contributed by atoms with E-state index in [9.17, 15) is 4.79 Å². The Hall–Kier alpha value is -2.11. The maximum atomic E-state index is 11.8. The Kier molecular flexibility index (Phi) is 3.42. The zero-order chi connectivity index (χ0) is 14.0. The largest absolute Gasteiger partial charge is 0.322 e. The summed E-state index contributed by atoms with van der Waals surface area (Å²) in [6.07, 6.45) is 7.03. The van der Waals surface area contributed by atoms with Gasteiger partial charge < -0.3 is 5.32 Å². The molecule has 0 unspecified atom stereocenters. The highest BCUT2D eigenvalue weighted by atomic mass is 16.2. The number of amides is 1. The first kappa shape index (κ1) is 13.3. The van der Waals surface area contributed by atoms with Crippen LogP contribution in [0, 0.1) is 6.92 Å². The fourth-order valence-corrected chi connectivity index (χ4v) is 1.66. The van der Waals surface area contributed by atoms with E-state index in [-0.39, 0.29) is 18.0 Å². The fourth-order valence-electron chi connectivity index (χ4n) is 1.66. The minimum Gasteiger partial charge on any atom is -0.322 e. The van der Waals surface area contributed by atoms with E-state index in [2.05, 4.69) is 36.3 Å². The molecule has 102 valence electrons. The van der Waals surface area contributed by atoms with Crippen molar-refractivity contribution in [2.24, 2.45) is 0 Å². The topological polar surface area (TPSA) is 64.7 Å². The van der Waals surface area contributed by atoms with E-state index in [0.717, 1.165) is 5.56 Å². The highest BCUT2D eigenvalue weighted by Crippen LogP contribution is 2.15. The molecule has 2 rings (SSSR count). The summed E-state index contributed by atoms with van der Waals surface area (Å²) < 4.78 is 3.43. The third kappa shape index (κ3) is 3.43. The summed E-state index contributed by atoms with van der Waals surface area (Å²) in [6.45, 7) is 8.30. The van der Waals surface area contributed by atoms with Gasteiger partial charge in [0.25, 0.3) is 0 Å². The molecule has 0 spiro atoms. The van der Waals surface area contributed by atoms with E-state index in [1.807, 2.05) is 24.0 Å². The van der Waals surface area contributed by atoms with E-state index < -0.39 is 0 Å². The van der Waals surface area contributed by atoms with E-state index >= 15 is 0 Å². The van der Waals surface area contributed by atoms with Crippen molar-refractivity contribution in [1.82, 2.24) is 19.6 Å². The van der Waals surface area contributed by atoms with Gasteiger partial charge in [0, 0.05) is 12.4 Å². The van der Waals surface area contributed by atoms with Crippen LogP contribution in [0.4, 0.5) is 5.69 Å². The van der Waals surface area contributed by atoms with Crippen molar-refractivity contribution >= 4 is 11.6 Å². The highest BCUT2D eigenvalue weighted by Gasteiger charge is 2.14. The Labute approximate surface area is 112 Å². The van der Waals surface area contributed by atoms with E-state index in [4.69, 9.17) is 0 Å². The van der Waals surface area contributed by atoms with Gasteiger partial charge in [0.2, 0.25) is 5.91 Å². The second kappa shape index (κ2) is 4.87. The van der Waals surface area contributed by atoms with Crippen molar-refractivity contribution in [2.45, 2.75) is 39.8 Å². The Balaban J connectivity index is 1.97. The molecule has 0 aliphatic rings. The van der Waals surface area contributed by atoms with Gasteiger partial charge in [-0.1, -0.05) is 0 Å². The lowest BCUT2D eigenvalue weighted by Crippen LogP contribution is -2.22. The SMILES string of the molecule is Cc1cnn(CC(=O)Nc2cnn(C(C)(C)C)c2)c1. The lowest BCUT2D eigenvalue weighted by molar-refractivity contribution is -0.116. The average Bonchev–Trinajstić information content (AvgIpc) is 2.87. The van der Waals surface area contributed by atoms with Crippen LogP contribution in [0.15, 0.2) is 24.8 Å². The van der Waals surface area contributed by atoms with Gasteiger partial charge >= 0.3 is 0 Å². The summed E-state index contributed by atoms with van der Waals surface area (Å²) >= 11 is 0. The van der Waals surface area contributed by atoms with Crippen molar-refractivity contribution in [3.8, 4) is 0 Å². The van der Waals surface area contributed by atoms with E-state index in [1.165, 1.54) is 0 Å². The molecule has 0 aromatic carbocycles. The van der Waals surface area contributed by atoms with Gasteiger partial charge in [0.15, 0.2) is 0 Å². The summed E-state index contributed by atoms with van der Waals surface area (Å²) in [7, 11) is 0. The number of nitrogens with zero attached hydrogens (tertiary/aromatic N) is 4. The third-order valence-corrected chi connectivity index (χ3v) is 2.62. The molecule has 0 fully saturated rings. The number of hydrogen-bond acceptors (Lipinski definition) is 3. The number of carbonyl (C=O) groups excluding carboxylic acids is 1. The quantitative estimate of drug-likeness (QED) is 0.916. The molecule has 6 nitrogen and oxygen atoms in total. The standard InChI is InChI=1S/C13H19N5O/c1-10-5-14-17(7-10)9-12(19)16-11-6-15-18(8-11)13(2,3)4/h5-8H,9H2,1-4H3,(H,16,19). The molecule has 0 radical (unpaired) electrons. The second-order valence-corrected chi connectivity index (χ2v) is 5.61. The van der Waals surface area contributed by atoms with Crippen LogP contribution >= 0.6 is 0 Å². The van der Waals surface area contributed by atoms with Crippen molar-refractivity contribution in [2.75, 3.05) is 5.32 Å². The predicted octanol–water partition coefficient (Wildman–Crippen LogP) is 1.78. The van der Waals surface area contributed by atoms with Gasteiger partial charge in [-0.2, -0.15) is 10.2 Å². The van der Waals surface area contributed by atoms with Crippen LogP contribution in [0.3, 0.4) is 0 Å². The summed E-state index contributed by atoms with van der Waals surface area (Å²) in [5.74, 6) is -0.114. The molecule has 1 N–H and O–H groups in total. The third-order valence-electron chi connectivity index (χ3n) is 2.62. The Morgan fingerprint density at radius 1 is 1.26 bits per heavy atom. The summed E-state index contributed by atoms with van der Waals surface area (Å²) in [5.41, 5.74) is 1.64. The maximum Gasteiger partial charge on any atom is 0.246 e. The first-order valence-corrected chi connectivity index (χ1v) is 6.19. The minimum absolute atomic E-state index is 0.0952. The Morgan fingerprint density at radius 2 is 2.00 bits per heavy atom. The molecule has 0 saturated carbocycles. The number of anilines is 1. The van der Waals surface area contributed by atoms with Gasteiger partial charge in [0.05, 0.1) is 23.6 Å². The molecule has 0 atom stereocenters. The molecule has 0 saturated heterocycles. The number of hydrogen-bond donors (Lipinski definition) is 1. The average molecular weight is 261 g/mol. The number of rotatable bonds is 3. The van der Waals surface area contributed by atoms with E-state index in [0.29, 0.717) is 5.69 Å². The lowest BCUT2D eigenvalue weighted by atomic mass is 10.1. The molecule has 2 aromatic rings. The number of aryl methyl sites for hydroxylation is 1. The number of aromatic nitrogens is 4. The van der Waals surface area contributed by atoms with Crippen LogP contribution in [0.2, 0.25) is 0 Å². The monoisotopic (exact) mass is 261 g/mol. The van der Waals surface area contributed by atoms with Crippen LogP contribution in [-0.2, 0) is 16.9 Å². The van der Waals surface area contributed by atoms with Crippen LogP contribution < -0.4 is 5.32 Å². The summed E-state index contributed by atoms with van der Waals surface area (Å²) in [5, 5.41) is 11.1. The van der Waals surface area contributed by atoms with Crippen molar-refractivity contribution in [1.29, 1.82) is 0 Å². The van der Waals surface area contributed by atoms with Crippen LogP contribution in [0.1, 0.15) is 26.3 Å². The molecule has 0 aliphatic carbocycles. The van der Waals surface area contributed by atoms with Gasteiger partial charge in [0.1, 0.15) is 6.54 Å². The first-order valence-electron chi connectivity index (χ1n) is 6.19. The normalized spacial score (nSPS) is 11.6. The lowest BCUT2D eigenvalue weighted by Gasteiger charge is -2.18. The smallest absolute Gasteiger partial charge is 0.246 e. The number of carbonyl (C=O) groups is 1. The van der Waals surface area contributed by atoms with Crippen LogP contribution in [-0.4, -0.2) is 25.5 Å². The molecule has 19 heavy (non-hydrogen) atoms. The van der Waals surface area contributed by atoms with Crippen LogP contribution in [0.25, 0.3) is 0 Å². The van der Waals surface area contributed by atoms with Gasteiger partial charge in [-0.05, 0) is 33.3 Å². The molecule has 0 bridgehead atoms. The van der Waals surface area contributed by atoms with E-state index in [1.54, 1.807) is 17.1 Å². The van der Waals surface area contributed by atoms with Crippen molar-refractivity contribution in [3.05, 3.63) is 30.4 Å². The zero-order valence-corrected chi connectivity index (χ0v) is 11.7. The van der Waals surface area contributed by atoms with Crippen molar-refractivity contribution < 1.29 is 4.79 Å². The molecule has 2 heterocycles. The molecular formula is C13H19N5O. The fraction of sp³-hybridized carbons (Fsp3) is 0.462. The van der Waals surface area contributed by atoms with Gasteiger partial charge in [-0.25, -0.2) is 0 Å². The van der Waals surface area contributed by atoms with Gasteiger partial charge in [-0.15, -0.1) is 0 Å². The van der Waals surface area contributed by atoms with Crippen molar-refractivity contribution in [3.63, 3.8) is 0 Å². The zero-order valence-electron chi connectivity index (χ0n) is 11.7. The Morgan fingerprint density at radius 3 is 2.53 bits per heavy atom. The summed E-state index contributed by atoms with van der Waals surface area (Å²) in [4.78, 5) is 11.8. The maximum absolute atomic E-state index is 11.8.